The SMILES string of the molecule is CCCCOC(C)=O.CCCCOC(C)=O.CCCCOC(C)=O.Cc1ccccc1.Cc1ccccc1.Cc1ccccc1.Cc1ccccc1. The maximum Gasteiger partial charge on any atom is 0.302 e. The van der Waals surface area contributed by atoms with E-state index >= 15 is 0 Å². The minimum absolute atomic E-state index is 0.182. The number of hydrogen-bond acceptors (Lipinski definition) is 6. The zero-order valence-corrected chi connectivity index (χ0v) is 33.9. The van der Waals surface area contributed by atoms with Crippen molar-refractivity contribution in [1.29, 1.82) is 0 Å². The third-order valence-electron chi connectivity index (χ3n) is 6.17. The Morgan fingerprint density at radius 3 is 0.635 bits per heavy atom. The number of carbonyl (C=O) groups excluding carboxylic acids is 3. The van der Waals surface area contributed by atoms with Gasteiger partial charge in [0, 0.05) is 20.8 Å². The van der Waals surface area contributed by atoms with Gasteiger partial charge in [0.2, 0.25) is 0 Å². The number of esters is 3. The molecule has 0 saturated heterocycles. The molecule has 4 rings (SSSR count). The first-order chi connectivity index (χ1) is 24.9. The standard InChI is InChI=1S/4C7H8.3C6H12O2/c4*1-7-5-3-2-4-6-7;3*1-3-4-5-8-6(2)7/h4*2-6H,1H3;3*3-5H2,1-2H3. The Labute approximate surface area is 316 Å². The second-order valence-electron chi connectivity index (χ2n) is 11.7. The normalized spacial score (nSPS) is 8.73. The van der Waals surface area contributed by atoms with Crippen LogP contribution < -0.4 is 0 Å². The highest BCUT2D eigenvalue weighted by molar-refractivity contribution is 5.66. The summed E-state index contributed by atoms with van der Waals surface area (Å²) in [7, 11) is 0. The molecule has 0 saturated carbocycles. The molecule has 0 bridgehead atoms. The summed E-state index contributed by atoms with van der Waals surface area (Å²) in [6.07, 6.45) is 6.15. The van der Waals surface area contributed by atoms with Crippen LogP contribution in [0, 0.1) is 27.7 Å². The van der Waals surface area contributed by atoms with E-state index in [1.165, 1.54) is 43.0 Å². The van der Waals surface area contributed by atoms with E-state index in [0.29, 0.717) is 19.8 Å². The van der Waals surface area contributed by atoms with Crippen LogP contribution in [0.15, 0.2) is 121 Å². The molecule has 52 heavy (non-hydrogen) atoms. The third-order valence-corrected chi connectivity index (χ3v) is 6.17. The number of carbonyl (C=O) groups is 3. The van der Waals surface area contributed by atoms with Gasteiger partial charge in [-0.05, 0) is 47.0 Å². The second-order valence-corrected chi connectivity index (χ2v) is 11.7. The maximum atomic E-state index is 10.1. The second kappa shape index (κ2) is 40.7. The average Bonchev–Trinajstić information content (AvgIpc) is 3.11. The van der Waals surface area contributed by atoms with Gasteiger partial charge < -0.3 is 14.2 Å². The molecule has 0 fully saturated rings. The lowest BCUT2D eigenvalue weighted by Crippen LogP contribution is -1.99. The fourth-order valence-corrected chi connectivity index (χ4v) is 3.22. The summed E-state index contributed by atoms with van der Waals surface area (Å²) < 4.78 is 13.9. The van der Waals surface area contributed by atoms with E-state index in [9.17, 15) is 14.4 Å². The van der Waals surface area contributed by atoms with E-state index in [1.807, 2.05) is 72.8 Å². The summed E-state index contributed by atoms with van der Waals surface area (Å²) >= 11 is 0. The van der Waals surface area contributed by atoms with Crippen LogP contribution >= 0.6 is 0 Å². The quantitative estimate of drug-likeness (QED) is 0.0974. The number of rotatable bonds is 9. The van der Waals surface area contributed by atoms with Gasteiger partial charge in [0.15, 0.2) is 0 Å². The zero-order valence-electron chi connectivity index (χ0n) is 33.9. The summed E-state index contributed by atoms with van der Waals surface area (Å²) in [5, 5.41) is 0. The minimum atomic E-state index is -0.182. The van der Waals surface area contributed by atoms with Gasteiger partial charge in [-0.25, -0.2) is 0 Å². The van der Waals surface area contributed by atoms with Crippen LogP contribution in [0.3, 0.4) is 0 Å². The molecule has 6 heteroatoms. The van der Waals surface area contributed by atoms with E-state index in [4.69, 9.17) is 0 Å². The van der Waals surface area contributed by atoms with Gasteiger partial charge >= 0.3 is 17.9 Å². The van der Waals surface area contributed by atoms with E-state index in [0.717, 1.165) is 38.5 Å². The van der Waals surface area contributed by atoms with Crippen molar-refractivity contribution in [2.24, 2.45) is 0 Å². The number of benzene rings is 4. The van der Waals surface area contributed by atoms with Gasteiger partial charge in [0.25, 0.3) is 0 Å². The highest BCUT2D eigenvalue weighted by Crippen LogP contribution is 1.94. The predicted molar refractivity (Wildman–Crippen MR) is 219 cm³/mol. The third kappa shape index (κ3) is 49.7. The first-order valence-electron chi connectivity index (χ1n) is 18.4. The molecule has 0 aliphatic rings. The van der Waals surface area contributed by atoms with Crippen LogP contribution in [0.2, 0.25) is 0 Å². The highest BCUT2D eigenvalue weighted by atomic mass is 16.5. The van der Waals surface area contributed by atoms with Gasteiger partial charge in [0.1, 0.15) is 0 Å². The van der Waals surface area contributed by atoms with Crippen molar-refractivity contribution in [1.82, 2.24) is 0 Å². The maximum absolute atomic E-state index is 10.1. The number of ether oxygens (including phenoxy) is 3. The molecular weight excluding hydrogens is 649 g/mol. The molecule has 0 unspecified atom stereocenters. The van der Waals surface area contributed by atoms with Crippen LogP contribution in [0.1, 0.15) is 102 Å². The molecular formula is C46H68O6. The number of hydrogen-bond donors (Lipinski definition) is 0. The summed E-state index contributed by atoms with van der Waals surface area (Å²) in [6, 6.07) is 41.0. The molecule has 0 radical (unpaired) electrons. The van der Waals surface area contributed by atoms with E-state index in [-0.39, 0.29) is 17.9 Å². The molecule has 0 aliphatic carbocycles. The van der Waals surface area contributed by atoms with Gasteiger partial charge in [-0.2, -0.15) is 0 Å². The van der Waals surface area contributed by atoms with Crippen LogP contribution in [0.5, 0.6) is 0 Å². The molecule has 0 atom stereocenters. The van der Waals surface area contributed by atoms with Gasteiger partial charge in [-0.15, -0.1) is 0 Å². The fourth-order valence-electron chi connectivity index (χ4n) is 3.22. The monoisotopic (exact) mass is 717 g/mol. The van der Waals surface area contributed by atoms with E-state index in [2.05, 4.69) is 111 Å². The zero-order chi connectivity index (χ0) is 39.7. The molecule has 0 heterocycles. The molecule has 6 nitrogen and oxygen atoms in total. The molecule has 0 amide bonds. The van der Waals surface area contributed by atoms with Crippen molar-refractivity contribution in [2.45, 2.75) is 108 Å². The molecule has 0 N–H and O–H groups in total. The van der Waals surface area contributed by atoms with Crippen molar-refractivity contribution in [3.05, 3.63) is 144 Å². The van der Waals surface area contributed by atoms with Gasteiger partial charge in [-0.3, -0.25) is 14.4 Å². The predicted octanol–water partition coefficient (Wildman–Crippen LogP) is 12.0. The van der Waals surface area contributed by atoms with Crippen molar-refractivity contribution < 1.29 is 28.6 Å². The lowest BCUT2D eigenvalue weighted by atomic mass is 10.2. The molecule has 0 aromatic heterocycles. The molecule has 0 spiro atoms. The van der Waals surface area contributed by atoms with E-state index in [1.54, 1.807) is 0 Å². The Bertz CT molecular complexity index is 1110. The highest BCUT2D eigenvalue weighted by Gasteiger charge is 1.89. The fraction of sp³-hybridized carbons (Fsp3) is 0.413. The van der Waals surface area contributed by atoms with Gasteiger partial charge in [-0.1, -0.05) is 184 Å². The summed E-state index contributed by atoms with van der Waals surface area (Å²) in [5.74, 6) is -0.546. The molecule has 4 aromatic carbocycles. The summed E-state index contributed by atoms with van der Waals surface area (Å²) in [4.78, 5) is 30.3. The Balaban J connectivity index is -0.000000539. The molecule has 288 valence electrons. The smallest absolute Gasteiger partial charge is 0.302 e. The Kier molecular flexibility index (Phi) is 40.4. The van der Waals surface area contributed by atoms with Crippen LogP contribution in [-0.4, -0.2) is 37.7 Å². The van der Waals surface area contributed by atoms with E-state index < -0.39 is 0 Å². The Hall–Kier alpha value is -4.71. The number of unbranched alkanes of at least 4 members (excludes halogenated alkanes) is 3. The summed E-state index contributed by atoms with van der Waals surface area (Å²) in [6.45, 7) is 20.5. The minimum Gasteiger partial charge on any atom is -0.466 e. The van der Waals surface area contributed by atoms with Crippen molar-refractivity contribution >= 4 is 17.9 Å². The lowest BCUT2D eigenvalue weighted by molar-refractivity contribution is -0.142. The van der Waals surface area contributed by atoms with Crippen LogP contribution in [-0.2, 0) is 28.6 Å². The topological polar surface area (TPSA) is 78.9 Å². The van der Waals surface area contributed by atoms with Crippen molar-refractivity contribution in [3.8, 4) is 0 Å². The molecule has 0 aliphatic heterocycles. The average molecular weight is 717 g/mol. The van der Waals surface area contributed by atoms with Crippen LogP contribution in [0.25, 0.3) is 0 Å². The van der Waals surface area contributed by atoms with Crippen molar-refractivity contribution in [3.63, 3.8) is 0 Å². The Morgan fingerprint density at radius 2 is 0.538 bits per heavy atom. The molecule has 4 aromatic rings. The van der Waals surface area contributed by atoms with Crippen LogP contribution in [0.4, 0.5) is 0 Å². The number of aryl methyl sites for hydroxylation is 4. The van der Waals surface area contributed by atoms with Crippen molar-refractivity contribution in [2.75, 3.05) is 19.8 Å². The summed E-state index contributed by atoms with van der Waals surface area (Å²) in [5.41, 5.74) is 5.29. The first-order valence-corrected chi connectivity index (χ1v) is 18.4. The largest absolute Gasteiger partial charge is 0.466 e. The Morgan fingerprint density at radius 1 is 0.365 bits per heavy atom. The lowest BCUT2D eigenvalue weighted by Gasteiger charge is -1.96. The van der Waals surface area contributed by atoms with Gasteiger partial charge in [0.05, 0.1) is 19.8 Å². The first kappa shape index (κ1) is 51.7.